The second-order valence-corrected chi connectivity index (χ2v) is 8.86. The van der Waals surface area contributed by atoms with Gasteiger partial charge in [-0.15, -0.1) is 5.10 Å². The van der Waals surface area contributed by atoms with Gasteiger partial charge in [0.2, 0.25) is 5.91 Å². The molecule has 4 rings (SSSR count). The van der Waals surface area contributed by atoms with Gasteiger partial charge in [-0.25, -0.2) is 4.68 Å². The molecule has 1 saturated heterocycles. The number of likely N-dealkylation sites (tertiary alicyclic amines) is 1. The van der Waals surface area contributed by atoms with Crippen molar-refractivity contribution in [3.63, 3.8) is 0 Å². The Morgan fingerprint density at radius 1 is 1.23 bits per heavy atom. The molecule has 0 bridgehead atoms. The molecule has 0 radical (unpaired) electrons. The first-order valence-corrected chi connectivity index (χ1v) is 10.9. The molecule has 1 N–H and O–H groups in total. The number of benzene rings is 1. The number of carbonyl (C=O) groups is 1. The zero-order chi connectivity index (χ0) is 21.3. The summed E-state index contributed by atoms with van der Waals surface area (Å²) in [5, 5.41) is 19.8. The summed E-state index contributed by atoms with van der Waals surface area (Å²) in [6, 6.07) is 7.79. The van der Waals surface area contributed by atoms with Crippen LogP contribution in [0, 0.1) is 13.8 Å². The Balaban J connectivity index is 1.47. The normalized spacial score (nSPS) is 19.7. The lowest BCUT2D eigenvalue weighted by atomic mass is 9.92. The summed E-state index contributed by atoms with van der Waals surface area (Å²) in [4.78, 5) is 14.5. The molecule has 1 aromatic carbocycles. The molecule has 3 aromatic rings. The van der Waals surface area contributed by atoms with Crippen molar-refractivity contribution in [1.82, 2.24) is 19.9 Å². The van der Waals surface area contributed by atoms with E-state index in [1.54, 1.807) is 17.1 Å². The van der Waals surface area contributed by atoms with E-state index in [9.17, 15) is 9.90 Å². The number of nitrogens with zero attached hydrogens (tertiary/aromatic N) is 4. The van der Waals surface area contributed by atoms with Crippen molar-refractivity contribution in [3.8, 4) is 5.69 Å². The van der Waals surface area contributed by atoms with E-state index in [1.165, 1.54) is 0 Å². The molecule has 1 fully saturated rings. The lowest BCUT2D eigenvalue weighted by molar-refractivity contribution is -0.130. The van der Waals surface area contributed by atoms with Gasteiger partial charge in [0.1, 0.15) is 17.1 Å². The van der Waals surface area contributed by atoms with Crippen LogP contribution in [0.25, 0.3) is 5.69 Å². The Bertz CT molecular complexity index is 1060. The fourth-order valence-corrected chi connectivity index (χ4v) is 4.41. The van der Waals surface area contributed by atoms with Crippen LogP contribution in [0.4, 0.5) is 0 Å². The predicted molar refractivity (Wildman–Crippen MR) is 115 cm³/mol. The van der Waals surface area contributed by atoms with Crippen LogP contribution < -0.4 is 0 Å². The number of aryl methyl sites for hydroxylation is 2. The average Bonchev–Trinajstić information content (AvgIpc) is 3.29. The minimum atomic E-state index is -1.10. The number of carbonyl (C=O) groups excluding carboxylic acids is 1. The number of rotatable bonds is 4. The lowest BCUT2D eigenvalue weighted by Crippen LogP contribution is -2.34. The molecule has 0 aliphatic carbocycles. The number of hydrogen-bond acceptors (Lipinski definition) is 5. The highest BCUT2D eigenvalue weighted by Crippen LogP contribution is 2.32. The van der Waals surface area contributed by atoms with Crippen molar-refractivity contribution in [2.24, 2.45) is 0 Å². The van der Waals surface area contributed by atoms with Gasteiger partial charge in [-0.2, -0.15) is 0 Å². The second-order valence-electron chi connectivity index (χ2n) is 7.95. The number of hydrogen-bond donors (Lipinski definition) is 1. The Labute approximate surface area is 183 Å². The van der Waals surface area contributed by atoms with Gasteiger partial charge >= 0.3 is 0 Å². The van der Waals surface area contributed by atoms with E-state index < -0.39 is 5.60 Å². The van der Waals surface area contributed by atoms with E-state index in [0.717, 1.165) is 21.3 Å². The molecule has 7 nitrogen and oxygen atoms in total. The smallest absolute Gasteiger partial charge is 0.230 e. The molecule has 2 aromatic heterocycles. The highest BCUT2D eigenvalue weighted by Gasteiger charge is 2.36. The number of halogens is 1. The number of aliphatic hydroxyl groups is 1. The number of aromatic nitrogens is 3. The zero-order valence-electron chi connectivity index (χ0n) is 17.1. The van der Waals surface area contributed by atoms with Crippen LogP contribution in [0.2, 0.25) is 0 Å². The van der Waals surface area contributed by atoms with Crippen molar-refractivity contribution in [2.45, 2.75) is 45.1 Å². The number of amides is 1. The standard InChI is InChI=1S/C22H25BrN4O3/c1-15-6-11-30-19(15)13-21(28)26-9-3-7-22(29,8-10-26)20-14-27(25-24-20)18-5-4-17(23)12-16(18)2/h4-6,11-12,14,29H,3,7-10,13H2,1-2H3. The molecule has 0 spiro atoms. The van der Waals surface area contributed by atoms with E-state index in [2.05, 4.69) is 26.2 Å². The Hall–Kier alpha value is -2.45. The van der Waals surface area contributed by atoms with Crippen LogP contribution in [0.5, 0.6) is 0 Å². The van der Waals surface area contributed by atoms with E-state index in [1.807, 2.05) is 43.0 Å². The summed E-state index contributed by atoms with van der Waals surface area (Å²) in [6.07, 6.45) is 5.30. The molecular formula is C22H25BrN4O3. The van der Waals surface area contributed by atoms with Gasteiger partial charge in [-0.05, 0) is 68.5 Å². The zero-order valence-corrected chi connectivity index (χ0v) is 18.7. The van der Waals surface area contributed by atoms with Gasteiger partial charge in [-0.1, -0.05) is 21.1 Å². The van der Waals surface area contributed by atoms with Crippen LogP contribution in [0.15, 0.2) is 45.6 Å². The van der Waals surface area contributed by atoms with E-state index in [4.69, 9.17) is 4.42 Å². The number of furan rings is 1. The maximum Gasteiger partial charge on any atom is 0.230 e. The largest absolute Gasteiger partial charge is 0.469 e. The molecule has 1 unspecified atom stereocenters. The minimum Gasteiger partial charge on any atom is -0.469 e. The average molecular weight is 473 g/mol. The molecule has 0 saturated carbocycles. The first-order valence-electron chi connectivity index (χ1n) is 10.1. The maximum absolute atomic E-state index is 12.7. The van der Waals surface area contributed by atoms with E-state index >= 15 is 0 Å². The van der Waals surface area contributed by atoms with Crippen LogP contribution in [0.1, 0.15) is 41.8 Å². The summed E-state index contributed by atoms with van der Waals surface area (Å²) in [5.41, 5.74) is 2.39. The molecule has 1 amide bonds. The fourth-order valence-electron chi connectivity index (χ4n) is 3.93. The van der Waals surface area contributed by atoms with Gasteiger partial charge in [0.15, 0.2) is 0 Å². The molecule has 3 heterocycles. The van der Waals surface area contributed by atoms with Gasteiger partial charge < -0.3 is 14.4 Å². The lowest BCUT2D eigenvalue weighted by Gasteiger charge is -2.24. The summed E-state index contributed by atoms with van der Waals surface area (Å²) >= 11 is 3.47. The van der Waals surface area contributed by atoms with Crippen LogP contribution in [-0.4, -0.2) is 44.0 Å². The van der Waals surface area contributed by atoms with Crippen molar-refractivity contribution in [1.29, 1.82) is 0 Å². The molecule has 158 valence electrons. The fraction of sp³-hybridized carbons (Fsp3) is 0.409. The third kappa shape index (κ3) is 4.20. The quantitative estimate of drug-likeness (QED) is 0.625. The summed E-state index contributed by atoms with van der Waals surface area (Å²) < 4.78 is 8.11. The monoisotopic (exact) mass is 472 g/mol. The van der Waals surface area contributed by atoms with Crippen molar-refractivity contribution < 1.29 is 14.3 Å². The topological polar surface area (TPSA) is 84.4 Å². The van der Waals surface area contributed by atoms with Crippen molar-refractivity contribution in [3.05, 3.63) is 63.8 Å². The Morgan fingerprint density at radius 2 is 2.07 bits per heavy atom. The van der Waals surface area contributed by atoms with Gasteiger partial charge in [0.05, 0.1) is 24.6 Å². The molecule has 30 heavy (non-hydrogen) atoms. The summed E-state index contributed by atoms with van der Waals surface area (Å²) in [7, 11) is 0. The second kappa shape index (κ2) is 8.35. The Kier molecular flexibility index (Phi) is 5.79. The van der Waals surface area contributed by atoms with E-state index in [0.29, 0.717) is 43.8 Å². The molecule has 1 atom stereocenters. The molecule has 1 aliphatic heterocycles. The molecular weight excluding hydrogens is 448 g/mol. The predicted octanol–water partition coefficient (Wildman–Crippen LogP) is 3.68. The van der Waals surface area contributed by atoms with Crippen LogP contribution >= 0.6 is 15.9 Å². The third-order valence-electron chi connectivity index (χ3n) is 5.82. The molecule has 8 heteroatoms. The maximum atomic E-state index is 12.7. The highest BCUT2D eigenvalue weighted by atomic mass is 79.9. The Morgan fingerprint density at radius 3 is 2.80 bits per heavy atom. The minimum absolute atomic E-state index is 0.0199. The highest BCUT2D eigenvalue weighted by molar-refractivity contribution is 9.10. The van der Waals surface area contributed by atoms with Crippen molar-refractivity contribution >= 4 is 21.8 Å². The molecule has 1 aliphatic rings. The third-order valence-corrected chi connectivity index (χ3v) is 6.32. The van der Waals surface area contributed by atoms with Gasteiger partial charge in [-0.3, -0.25) is 4.79 Å². The van der Waals surface area contributed by atoms with E-state index in [-0.39, 0.29) is 12.3 Å². The first-order chi connectivity index (χ1) is 14.4. The van der Waals surface area contributed by atoms with Crippen LogP contribution in [0.3, 0.4) is 0 Å². The summed E-state index contributed by atoms with van der Waals surface area (Å²) in [6.45, 7) is 5.02. The van der Waals surface area contributed by atoms with Crippen molar-refractivity contribution in [2.75, 3.05) is 13.1 Å². The summed E-state index contributed by atoms with van der Waals surface area (Å²) in [5.74, 6) is 0.721. The SMILES string of the molecule is Cc1cc(Br)ccc1-n1cc(C2(O)CCCN(C(=O)Cc3occc3C)CC2)nn1. The van der Waals surface area contributed by atoms with Crippen LogP contribution in [-0.2, 0) is 16.8 Å². The van der Waals surface area contributed by atoms with Gasteiger partial charge in [0, 0.05) is 17.6 Å². The van der Waals surface area contributed by atoms with Gasteiger partial charge in [0.25, 0.3) is 0 Å². The first kappa shape index (κ1) is 20.8.